The van der Waals surface area contributed by atoms with Crippen LogP contribution in [0.2, 0.25) is 0 Å². The minimum Gasteiger partial charge on any atom is -0.340 e. The van der Waals surface area contributed by atoms with E-state index in [1.807, 2.05) is 0 Å². The molecule has 5 nitrogen and oxygen atoms in total. The first-order valence-electron chi connectivity index (χ1n) is 7.48. The SMILES string of the molecule is CN(Cc1nc2ccc(F)cc2[nH]1)C(=O)NC[C@@H]1CC1(C)C. The number of halogens is 1. The lowest BCUT2D eigenvalue weighted by Gasteiger charge is -2.17. The van der Waals surface area contributed by atoms with E-state index in [0.717, 1.165) is 6.42 Å². The lowest BCUT2D eigenvalue weighted by atomic mass is 10.1. The molecular weight excluding hydrogens is 283 g/mol. The first-order valence-corrected chi connectivity index (χ1v) is 7.48. The molecule has 0 aliphatic heterocycles. The summed E-state index contributed by atoms with van der Waals surface area (Å²) in [5.41, 5.74) is 1.70. The number of nitrogens with one attached hydrogen (secondary N) is 2. The highest BCUT2D eigenvalue weighted by molar-refractivity contribution is 5.76. The number of aromatic amines is 1. The zero-order valence-electron chi connectivity index (χ0n) is 13.1. The Hall–Kier alpha value is -2.11. The van der Waals surface area contributed by atoms with Gasteiger partial charge in [-0.2, -0.15) is 0 Å². The van der Waals surface area contributed by atoms with Gasteiger partial charge in [0.1, 0.15) is 11.6 Å². The van der Waals surface area contributed by atoms with E-state index >= 15 is 0 Å². The fourth-order valence-electron chi connectivity index (χ4n) is 2.68. The molecule has 22 heavy (non-hydrogen) atoms. The normalized spacial score (nSPS) is 19.2. The molecule has 2 aromatic rings. The lowest BCUT2D eigenvalue weighted by molar-refractivity contribution is 0.205. The molecule has 1 atom stereocenters. The van der Waals surface area contributed by atoms with Crippen molar-refractivity contribution in [3.63, 3.8) is 0 Å². The third-order valence-electron chi connectivity index (χ3n) is 4.44. The van der Waals surface area contributed by atoms with Gasteiger partial charge in [-0.25, -0.2) is 14.2 Å². The van der Waals surface area contributed by atoms with E-state index < -0.39 is 0 Å². The standard InChI is InChI=1S/C16H21FN4O/c1-16(2)7-10(16)8-18-15(22)21(3)9-14-19-12-5-4-11(17)6-13(12)20-14/h4-6,10H,7-9H2,1-3H3,(H,18,22)(H,19,20)/t10-/m0/s1. The fraction of sp³-hybridized carbons (Fsp3) is 0.500. The Bertz CT molecular complexity index is 709. The third kappa shape index (κ3) is 3.05. The van der Waals surface area contributed by atoms with Crippen molar-refractivity contribution in [3.05, 3.63) is 29.8 Å². The number of carbonyl (C=O) groups excluding carboxylic acids is 1. The van der Waals surface area contributed by atoms with Crippen molar-refractivity contribution in [1.29, 1.82) is 0 Å². The van der Waals surface area contributed by atoms with Gasteiger partial charge < -0.3 is 15.2 Å². The molecule has 1 fully saturated rings. The smallest absolute Gasteiger partial charge is 0.317 e. The van der Waals surface area contributed by atoms with Crippen molar-refractivity contribution in [1.82, 2.24) is 20.2 Å². The Morgan fingerprint density at radius 2 is 2.27 bits per heavy atom. The van der Waals surface area contributed by atoms with Crippen LogP contribution < -0.4 is 5.32 Å². The molecule has 6 heteroatoms. The molecule has 1 heterocycles. The number of aromatic nitrogens is 2. The summed E-state index contributed by atoms with van der Waals surface area (Å²) in [6.45, 7) is 5.49. The molecule has 0 unspecified atom stereocenters. The highest BCUT2D eigenvalue weighted by atomic mass is 19.1. The zero-order valence-corrected chi connectivity index (χ0v) is 13.1. The molecule has 0 saturated heterocycles. The quantitative estimate of drug-likeness (QED) is 0.912. The van der Waals surface area contributed by atoms with Gasteiger partial charge in [0.25, 0.3) is 0 Å². The van der Waals surface area contributed by atoms with E-state index in [1.54, 1.807) is 18.0 Å². The van der Waals surface area contributed by atoms with E-state index in [0.29, 0.717) is 41.3 Å². The van der Waals surface area contributed by atoms with E-state index in [9.17, 15) is 9.18 Å². The van der Waals surface area contributed by atoms with Gasteiger partial charge in [-0.3, -0.25) is 0 Å². The van der Waals surface area contributed by atoms with E-state index in [1.165, 1.54) is 12.1 Å². The Kier molecular flexibility index (Phi) is 3.54. The molecule has 0 spiro atoms. The van der Waals surface area contributed by atoms with Gasteiger partial charge in [-0.15, -0.1) is 0 Å². The zero-order chi connectivity index (χ0) is 15.9. The number of urea groups is 1. The highest BCUT2D eigenvalue weighted by Gasteiger charge is 2.45. The molecular formula is C16H21FN4O. The van der Waals surface area contributed by atoms with Crippen LogP contribution in [-0.4, -0.2) is 34.5 Å². The second kappa shape index (κ2) is 5.26. The maximum absolute atomic E-state index is 13.2. The molecule has 118 valence electrons. The molecule has 1 saturated carbocycles. The van der Waals surface area contributed by atoms with Crippen LogP contribution >= 0.6 is 0 Å². The first kappa shape index (κ1) is 14.8. The number of hydrogen-bond donors (Lipinski definition) is 2. The third-order valence-corrected chi connectivity index (χ3v) is 4.44. The van der Waals surface area contributed by atoms with Crippen molar-refractivity contribution in [3.8, 4) is 0 Å². The van der Waals surface area contributed by atoms with Gasteiger partial charge in [0, 0.05) is 13.6 Å². The van der Waals surface area contributed by atoms with Crippen LogP contribution in [0, 0.1) is 17.2 Å². The number of benzene rings is 1. The average Bonchev–Trinajstić information content (AvgIpc) is 2.87. The fourth-order valence-corrected chi connectivity index (χ4v) is 2.68. The largest absolute Gasteiger partial charge is 0.340 e. The molecule has 3 rings (SSSR count). The van der Waals surface area contributed by atoms with Gasteiger partial charge in [-0.05, 0) is 36.0 Å². The molecule has 1 aliphatic carbocycles. The van der Waals surface area contributed by atoms with Crippen LogP contribution in [0.25, 0.3) is 11.0 Å². The second-order valence-corrected chi connectivity index (χ2v) is 6.78. The summed E-state index contributed by atoms with van der Waals surface area (Å²) in [5, 5.41) is 2.95. The average molecular weight is 304 g/mol. The van der Waals surface area contributed by atoms with Gasteiger partial charge in [-0.1, -0.05) is 13.8 Å². The van der Waals surface area contributed by atoms with E-state index in [-0.39, 0.29) is 11.8 Å². The summed E-state index contributed by atoms with van der Waals surface area (Å²) in [4.78, 5) is 21.0. The van der Waals surface area contributed by atoms with Crippen LogP contribution in [0.5, 0.6) is 0 Å². The summed E-state index contributed by atoms with van der Waals surface area (Å²) < 4.78 is 13.2. The van der Waals surface area contributed by atoms with Crippen LogP contribution in [0.3, 0.4) is 0 Å². The number of carbonyl (C=O) groups is 1. The molecule has 1 aromatic carbocycles. The van der Waals surface area contributed by atoms with Crippen LogP contribution in [-0.2, 0) is 6.54 Å². The van der Waals surface area contributed by atoms with Crippen LogP contribution in [0.4, 0.5) is 9.18 Å². The van der Waals surface area contributed by atoms with Crippen molar-refractivity contribution >= 4 is 17.1 Å². The van der Waals surface area contributed by atoms with Crippen LogP contribution in [0.1, 0.15) is 26.1 Å². The minimum atomic E-state index is -0.305. The Labute approximate surface area is 128 Å². The van der Waals surface area contributed by atoms with E-state index in [2.05, 4.69) is 29.1 Å². The maximum atomic E-state index is 13.2. The summed E-state index contributed by atoms with van der Waals surface area (Å²) in [6, 6.07) is 4.29. The first-order chi connectivity index (χ1) is 10.3. The van der Waals surface area contributed by atoms with Gasteiger partial charge in [0.2, 0.25) is 0 Å². The predicted molar refractivity (Wildman–Crippen MR) is 82.8 cm³/mol. The summed E-state index contributed by atoms with van der Waals surface area (Å²) in [5.74, 6) is 0.907. The maximum Gasteiger partial charge on any atom is 0.317 e. The van der Waals surface area contributed by atoms with Gasteiger partial charge >= 0.3 is 6.03 Å². The molecule has 1 aliphatic rings. The number of amides is 2. The number of imidazole rings is 1. The number of H-pyrrole nitrogens is 1. The van der Waals surface area contributed by atoms with Crippen LogP contribution in [0.15, 0.2) is 18.2 Å². The highest BCUT2D eigenvalue weighted by Crippen LogP contribution is 2.50. The summed E-state index contributed by atoms with van der Waals surface area (Å²) >= 11 is 0. The Morgan fingerprint density at radius 3 is 2.95 bits per heavy atom. The number of rotatable bonds is 4. The monoisotopic (exact) mass is 304 g/mol. The lowest BCUT2D eigenvalue weighted by Crippen LogP contribution is -2.38. The Morgan fingerprint density at radius 1 is 1.55 bits per heavy atom. The summed E-state index contributed by atoms with van der Waals surface area (Å²) in [6.07, 6.45) is 1.16. The van der Waals surface area contributed by atoms with Gasteiger partial charge in [0.15, 0.2) is 0 Å². The van der Waals surface area contributed by atoms with Crippen molar-refractivity contribution < 1.29 is 9.18 Å². The predicted octanol–water partition coefficient (Wildman–Crippen LogP) is 2.89. The van der Waals surface area contributed by atoms with Gasteiger partial charge in [0.05, 0.1) is 17.6 Å². The van der Waals surface area contributed by atoms with Crippen molar-refractivity contribution in [2.75, 3.05) is 13.6 Å². The summed E-state index contributed by atoms with van der Waals surface area (Å²) in [7, 11) is 1.72. The Balaban J connectivity index is 1.57. The second-order valence-electron chi connectivity index (χ2n) is 6.78. The molecule has 2 N–H and O–H groups in total. The topological polar surface area (TPSA) is 61.0 Å². The van der Waals surface area contributed by atoms with Crippen molar-refractivity contribution in [2.45, 2.75) is 26.8 Å². The number of nitrogens with zero attached hydrogens (tertiary/aromatic N) is 2. The van der Waals surface area contributed by atoms with E-state index in [4.69, 9.17) is 0 Å². The molecule has 1 aromatic heterocycles. The van der Waals surface area contributed by atoms with Crippen molar-refractivity contribution in [2.24, 2.45) is 11.3 Å². The minimum absolute atomic E-state index is 0.116. The molecule has 0 radical (unpaired) electrons. The number of fused-ring (bicyclic) bond motifs is 1. The molecule has 2 amide bonds. The number of hydrogen-bond acceptors (Lipinski definition) is 2. The molecule has 0 bridgehead atoms.